The van der Waals surface area contributed by atoms with Gasteiger partial charge in [0, 0.05) is 13.1 Å². The van der Waals surface area contributed by atoms with Gasteiger partial charge < -0.3 is 10.6 Å². The lowest BCUT2D eigenvalue weighted by Crippen LogP contribution is -2.31. The Morgan fingerprint density at radius 3 is 2.70 bits per heavy atom. The minimum atomic E-state index is -0.448. The number of nitro groups is 1. The molecule has 7 heteroatoms. The first-order valence-electron chi connectivity index (χ1n) is 6.97. The highest BCUT2D eigenvalue weighted by Gasteiger charge is 2.27. The van der Waals surface area contributed by atoms with Crippen LogP contribution in [0.15, 0.2) is 6.20 Å². The quantitative estimate of drug-likeness (QED) is 0.650. The third kappa shape index (κ3) is 3.15. The van der Waals surface area contributed by atoms with E-state index in [4.69, 9.17) is 0 Å². The molecule has 0 aromatic carbocycles. The molecule has 7 nitrogen and oxygen atoms in total. The molecular formula is C13H21N5O2. The summed E-state index contributed by atoms with van der Waals surface area (Å²) in [6.07, 6.45) is 4.41. The molecule has 1 saturated carbocycles. The van der Waals surface area contributed by atoms with Crippen molar-refractivity contribution in [3.63, 3.8) is 0 Å². The van der Waals surface area contributed by atoms with Gasteiger partial charge in [-0.2, -0.15) is 4.98 Å². The molecule has 0 saturated heterocycles. The Morgan fingerprint density at radius 1 is 1.35 bits per heavy atom. The number of nitrogens with zero attached hydrogens (tertiary/aromatic N) is 3. The van der Waals surface area contributed by atoms with Gasteiger partial charge >= 0.3 is 5.69 Å². The number of aromatic nitrogens is 2. The van der Waals surface area contributed by atoms with Gasteiger partial charge in [-0.3, -0.25) is 10.1 Å². The topological polar surface area (TPSA) is 93.0 Å². The molecule has 0 radical (unpaired) electrons. The molecule has 0 bridgehead atoms. The van der Waals surface area contributed by atoms with Crippen molar-refractivity contribution in [1.29, 1.82) is 0 Å². The van der Waals surface area contributed by atoms with Gasteiger partial charge in [-0.15, -0.1) is 0 Å². The van der Waals surface area contributed by atoms with Crippen LogP contribution in [0.2, 0.25) is 0 Å². The summed E-state index contributed by atoms with van der Waals surface area (Å²) in [5.74, 6) is 2.02. The Bertz CT molecular complexity index is 494. The first-order valence-corrected chi connectivity index (χ1v) is 6.97. The second-order valence-electron chi connectivity index (χ2n) is 5.54. The van der Waals surface area contributed by atoms with Crippen molar-refractivity contribution in [2.24, 2.45) is 11.8 Å². The molecule has 1 heterocycles. The van der Waals surface area contributed by atoms with E-state index in [1.807, 2.05) is 0 Å². The van der Waals surface area contributed by atoms with Crippen LogP contribution in [0.4, 0.5) is 17.5 Å². The average molecular weight is 279 g/mol. The van der Waals surface area contributed by atoms with Gasteiger partial charge in [0.2, 0.25) is 11.8 Å². The van der Waals surface area contributed by atoms with Crippen LogP contribution in [-0.2, 0) is 0 Å². The van der Waals surface area contributed by atoms with Crippen molar-refractivity contribution in [2.75, 3.05) is 17.7 Å². The van der Waals surface area contributed by atoms with Crippen molar-refractivity contribution in [3.8, 4) is 0 Å². The Hall–Kier alpha value is -1.92. The van der Waals surface area contributed by atoms with E-state index in [1.54, 1.807) is 7.05 Å². The van der Waals surface area contributed by atoms with Crippen LogP contribution in [0.5, 0.6) is 0 Å². The predicted molar refractivity (Wildman–Crippen MR) is 77.8 cm³/mol. The standard InChI is InChI=1S/C13H21N5O2/c1-8-4-5-10(6-9(8)2)16-12-11(18(19)20)7-15-13(14-3)17-12/h7-10H,4-6H2,1-3H3,(H2,14,15,16,17). The first kappa shape index (κ1) is 14.5. The number of hydrogen-bond acceptors (Lipinski definition) is 6. The molecule has 1 aromatic rings. The van der Waals surface area contributed by atoms with Gasteiger partial charge in [0.1, 0.15) is 6.20 Å². The maximum absolute atomic E-state index is 11.0. The fourth-order valence-electron chi connectivity index (χ4n) is 2.61. The van der Waals surface area contributed by atoms with Crippen molar-refractivity contribution >= 4 is 17.5 Å². The average Bonchev–Trinajstić information content (AvgIpc) is 2.42. The molecule has 3 atom stereocenters. The largest absolute Gasteiger partial charge is 0.361 e. The zero-order valence-electron chi connectivity index (χ0n) is 12.1. The Morgan fingerprint density at radius 2 is 2.10 bits per heavy atom. The lowest BCUT2D eigenvalue weighted by molar-refractivity contribution is -0.384. The number of rotatable bonds is 4. The van der Waals surface area contributed by atoms with Crippen LogP contribution < -0.4 is 10.6 Å². The zero-order chi connectivity index (χ0) is 14.7. The highest BCUT2D eigenvalue weighted by molar-refractivity contribution is 5.57. The van der Waals surface area contributed by atoms with Crippen LogP contribution in [0.25, 0.3) is 0 Å². The van der Waals surface area contributed by atoms with Crippen molar-refractivity contribution in [1.82, 2.24) is 9.97 Å². The number of nitrogens with one attached hydrogen (secondary N) is 2. The lowest BCUT2D eigenvalue weighted by atomic mass is 9.79. The summed E-state index contributed by atoms with van der Waals surface area (Å²) in [5, 5.41) is 17.1. The Kier molecular flexibility index (Phi) is 4.36. The van der Waals surface area contributed by atoms with E-state index in [1.165, 1.54) is 6.20 Å². The summed E-state index contributed by atoms with van der Waals surface area (Å²) in [5.41, 5.74) is -0.0738. The van der Waals surface area contributed by atoms with E-state index >= 15 is 0 Å². The smallest absolute Gasteiger partial charge is 0.329 e. The van der Waals surface area contributed by atoms with Crippen molar-refractivity contribution in [3.05, 3.63) is 16.3 Å². The first-order chi connectivity index (χ1) is 9.51. The molecule has 0 aliphatic heterocycles. The molecule has 3 unspecified atom stereocenters. The van der Waals surface area contributed by atoms with E-state index in [2.05, 4.69) is 34.4 Å². The van der Waals surface area contributed by atoms with Crippen molar-refractivity contribution < 1.29 is 4.92 Å². The summed E-state index contributed by atoms with van der Waals surface area (Å²) in [6, 6.07) is 0.236. The second kappa shape index (κ2) is 6.02. The molecule has 2 N–H and O–H groups in total. The highest BCUT2D eigenvalue weighted by Crippen LogP contribution is 2.32. The van der Waals surface area contributed by atoms with Crippen LogP contribution in [-0.4, -0.2) is 28.0 Å². The molecule has 20 heavy (non-hydrogen) atoms. The van der Waals surface area contributed by atoms with Crippen LogP contribution in [0.3, 0.4) is 0 Å². The maximum atomic E-state index is 11.0. The molecular weight excluding hydrogens is 258 g/mol. The number of hydrogen-bond donors (Lipinski definition) is 2. The molecule has 1 fully saturated rings. The normalized spacial score (nSPS) is 26.1. The third-order valence-corrected chi connectivity index (χ3v) is 4.13. The van der Waals surface area contributed by atoms with Crippen LogP contribution >= 0.6 is 0 Å². The Balaban J connectivity index is 2.17. The fourth-order valence-corrected chi connectivity index (χ4v) is 2.61. The van der Waals surface area contributed by atoms with Gasteiger partial charge in [-0.05, 0) is 31.1 Å². The minimum Gasteiger partial charge on any atom is -0.361 e. The molecule has 0 spiro atoms. The summed E-state index contributed by atoms with van der Waals surface area (Å²) in [6.45, 7) is 4.49. The van der Waals surface area contributed by atoms with E-state index in [0.29, 0.717) is 23.6 Å². The predicted octanol–water partition coefficient (Wildman–Crippen LogP) is 2.66. The van der Waals surface area contributed by atoms with Crippen LogP contribution in [0.1, 0.15) is 33.1 Å². The molecule has 0 amide bonds. The van der Waals surface area contributed by atoms with Gasteiger partial charge in [0.05, 0.1) is 4.92 Å². The molecule has 2 rings (SSSR count). The van der Waals surface area contributed by atoms with Gasteiger partial charge in [-0.25, -0.2) is 4.98 Å². The maximum Gasteiger partial charge on any atom is 0.329 e. The third-order valence-electron chi connectivity index (χ3n) is 4.13. The van der Waals surface area contributed by atoms with Gasteiger partial charge in [0.15, 0.2) is 0 Å². The van der Waals surface area contributed by atoms with E-state index in [-0.39, 0.29) is 11.7 Å². The van der Waals surface area contributed by atoms with E-state index in [9.17, 15) is 10.1 Å². The number of anilines is 2. The Labute approximate surface area is 118 Å². The monoisotopic (exact) mass is 279 g/mol. The van der Waals surface area contributed by atoms with Crippen molar-refractivity contribution in [2.45, 2.75) is 39.2 Å². The van der Waals surface area contributed by atoms with Gasteiger partial charge in [0.25, 0.3) is 0 Å². The summed E-state index contributed by atoms with van der Waals surface area (Å²) >= 11 is 0. The van der Waals surface area contributed by atoms with Gasteiger partial charge in [-0.1, -0.05) is 13.8 Å². The summed E-state index contributed by atoms with van der Waals surface area (Å²) < 4.78 is 0. The zero-order valence-corrected chi connectivity index (χ0v) is 12.1. The second-order valence-corrected chi connectivity index (χ2v) is 5.54. The van der Waals surface area contributed by atoms with E-state index < -0.39 is 4.92 Å². The highest BCUT2D eigenvalue weighted by atomic mass is 16.6. The fraction of sp³-hybridized carbons (Fsp3) is 0.692. The minimum absolute atomic E-state index is 0.0738. The molecule has 1 aliphatic carbocycles. The summed E-state index contributed by atoms with van der Waals surface area (Å²) in [4.78, 5) is 18.7. The summed E-state index contributed by atoms with van der Waals surface area (Å²) in [7, 11) is 1.69. The molecule has 1 aromatic heterocycles. The van der Waals surface area contributed by atoms with Crippen LogP contribution in [0, 0.1) is 22.0 Å². The SMILES string of the molecule is CNc1ncc([N+](=O)[O-])c(NC2CCC(C)C(C)C2)n1. The van der Waals surface area contributed by atoms with E-state index in [0.717, 1.165) is 19.3 Å². The molecule has 110 valence electrons. The molecule has 1 aliphatic rings. The lowest BCUT2D eigenvalue weighted by Gasteiger charge is -2.32.